The number of hydrogen-bond acceptors (Lipinski definition) is 3. The Bertz CT molecular complexity index is 675. The van der Waals surface area contributed by atoms with E-state index in [0.717, 1.165) is 24.4 Å². The molecule has 1 amide bonds. The zero-order chi connectivity index (χ0) is 17.5. The predicted octanol–water partition coefficient (Wildman–Crippen LogP) is 3.24. The normalized spacial score (nSPS) is 19.7. The van der Waals surface area contributed by atoms with E-state index < -0.39 is 0 Å². The molecule has 25 heavy (non-hydrogen) atoms. The summed E-state index contributed by atoms with van der Waals surface area (Å²) in [6.45, 7) is 1.53. The van der Waals surface area contributed by atoms with Gasteiger partial charge in [-0.2, -0.15) is 0 Å². The largest absolute Gasteiger partial charge is 0.356 e. The van der Waals surface area contributed by atoms with Crippen molar-refractivity contribution in [3.63, 3.8) is 0 Å². The van der Waals surface area contributed by atoms with Gasteiger partial charge in [0.2, 0.25) is 5.91 Å². The van der Waals surface area contributed by atoms with E-state index in [2.05, 4.69) is 28.3 Å². The van der Waals surface area contributed by atoms with E-state index in [-0.39, 0.29) is 11.9 Å². The van der Waals surface area contributed by atoms with Gasteiger partial charge in [0.25, 0.3) is 0 Å². The highest BCUT2D eigenvalue weighted by Crippen LogP contribution is 2.24. The third-order valence-corrected chi connectivity index (χ3v) is 4.85. The summed E-state index contributed by atoms with van der Waals surface area (Å²) in [4.78, 5) is 12.1. The first-order chi connectivity index (χ1) is 12.2. The topological polar surface area (TPSA) is 53.2 Å². The minimum atomic E-state index is 0.118. The summed E-state index contributed by atoms with van der Waals surface area (Å²) in [7, 11) is 0. The number of halogens is 1. The van der Waals surface area contributed by atoms with Crippen LogP contribution in [0.1, 0.15) is 30.0 Å². The van der Waals surface area contributed by atoms with Crippen LogP contribution in [0.3, 0.4) is 0 Å². The Hall–Kier alpha value is -1.88. The first-order valence-corrected chi connectivity index (χ1v) is 9.14. The number of hydrogen-bond donors (Lipinski definition) is 3. The van der Waals surface area contributed by atoms with Gasteiger partial charge in [-0.25, -0.2) is 5.43 Å². The molecule has 0 aromatic heterocycles. The highest BCUT2D eigenvalue weighted by atomic mass is 35.5. The van der Waals surface area contributed by atoms with Crippen LogP contribution >= 0.6 is 11.6 Å². The fourth-order valence-corrected chi connectivity index (χ4v) is 3.31. The Labute approximate surface area is 153 Å². The highest BCUT2D eigenvalue weighted by Gasteiger charge is 2.28. The molecule has 132 valence electrons. The molecule has 1 heterocycles. The monoisotopic (exact) mass is 357 g/mol. The standard InChI is InChI=1S/C20H24ClN3O/c21-18-11-9-15(10-12-18)5-4-8-19(25)22-13-17-14-23-24-20(17)16-6-2-1-3-7-16/h1-3,6-7,9-12,17,20,23-24H,4-5,8,13-14H2,(H,22,25). The van der Waals surface area contributed by atoms with E-state index in [1.54, 1.807) is 0 Å². The van der Waals surface area contributed by atoms with Gasteiger partial charge in [-0.05, 0) is 36.1 Å². The molecule has 4 nitrogen and oxygen atoms in total. The molecule has 0 spiro atoms. The summed E-state index contributed by atoms with van der Waals surface area (Å²) in [5, 5.41) is 3.82. The molecule has 3 rings (SSSR count). The lowest BCUT2D eigenvalue weighted by molar-refractivity contribution is -0.121. The first kappa shape index (κ1) is 17.9. The number of nitrogens with one attached hydrogen (secondary N) is 3. The quantitative estimate of drug-likeness (QED) is 0.713. The Morgan fingerprint density at radius 1 is 1.12 bits per heavy atom. The Balaban J connectivity index is 1.40. The smallest absolute Gasteiger partial charge is 0.220 e. The molecule has 1 fully saturated rings. The number of carbonyl (C=O) groups excluding carboxylic acids is 1. The molecule has 3 N–H and O–H groups in total. The minimum Gasteiger partial charge on any atom is -0.356 e. The Morgan fingerprint density at radius 3 is 2.64 bits per heavy atom. The second-order valence-electron chi connectivity index (χ2n) is 6.46. The van der Waals surface area contributed by atoms with Gasteiger partial charge in [-0.3, -0.25) is 10.2 Å². The van der Waals surface area contributed by atoms with Crippen molar-refractivity contribution in [2.24, 2.45) is 5.92 Å². The third-order valence-electron chi connectivity index (χ3n) is 4.60. The second kappa shape index (κ2) is 8.99. The molecular formula is C20H24ClN3O. The van der Waals surface area contributed by atoms with Gasteiger partial charge in [0.1, 0.15) is 0 Å². The van der Waals surface area contributed by atoms with Gasteiger partial charge < -0.3 is 5.32 Å². The molecule has 0 aliphatic carbocycles. The number of carbonyl (C=O) groups is 1. The molecule has 2 atom stereocenters. The van der Waals surface area contributed by atoms with Crippen LogP contribution in [-0.4, -0.2) is 19.0 Å². The molecule has 0 radical (unpaired) electrons. The maximum absolute atomic E-state index is 12.1. The number of hydrazine groups is 1. The summed E-state index contributed by atoms with van der Waals surface area (Å²) < 4.78 is 0. The van der Waals surface area contributed by atoms with Crippen LogP contribution in [0.25, 0.3) is 0 Å². The van der Waals surface area contributed by atoms with Gasteiger partial charge in [0, 0.05) is 30.5 Å². The van der Waals surface area contributed by atoms with Crippen LogP contribution in [0, 0.1) is 5.92 Å². The fourth-order valence-electron chi connectivity index (χ4n) is 3.18. The molecule has 1 saturated heterocycles. The van der Waals surface area contributed by atoms with Crippen molar-refractivity contribution in [1.29, 1.82) is 0 Å². The summed E-state index contributed by atoms with van der Waals surface area (Å²) in [6, 6.07) is 18.4. The average molecular weight is 358 g/mol. The van der Waals surface area contributed by atoms with Gasteiger partial charge in [-0.1, -0.05) is 54.1 Å². The second-order valence-corrected chi connectivity index (χ2v) is 6.89. The van der Waals surface area contributed by atoms with E-state index in [1.165, 1.54) is 11.1 Å². The molecule has 1 aliphatic heterocycles. The molecule has 5 heteroatoms. The van der Waals surface area contributed by atoms with Crippen molar-refractivity contribution in [3.05, 3.63) is 70.7 Å². The summed E-state index contributed by atoms with van der Waals surface area (Å²) in [5.41, 5.74) is 8.96. The van der Waals surface area contributed by atoms with Crippen LogP contribution < -0.4 is 16.2 Å². The lowest BCUT2D eigenvalue weighted by Gasteiger charge is -2.19. The highest BCUT2D eigenvalue weighted by molar-refractivity contribution is 6.30. The van der Waals surface area contributed by atoms with E-state index >= 15 is 0 Å². The van der Waals surface area contributed by atoms with Gasteiger partial charge in [-0.15, -0.1) is 0 Å². The van der Waals surface area contributed by atoms with Gasteiger partial charge in [0.05, 0.1) is 6.04 Å². The molecule has 0 saturated carbocycles. The predicted molar refractivity (Wildman–Crippen MR) is 101 cm³/mol. The van der Waals surface area contributed by atoms with Crippen molar-refractivity contribution in [2.45, 2.75) is 25.3 Å². The molecular weight excluding hydrogens is 334 g/mol. The maximum Gasteiger partial charge on any atom is 0.220 e. The SMILES string of the molecule is O=C(CCCc1ccc(Cl)cc1)NCC1CNNC1c1ccccc1. The van der Waals surface area contributed by atoms with Crippen molar-refractivity contribution >= 4 is 17.5 Å². The molecule has 2 aromatic carbocycles. The van der Waals surface area contributed by atoms with E-state index in [0.29, 0.717) is 18.9 Å². The van der Waals surface area contributed by atoms with Crippen molar-refractivity contribution in [3.8, 4) is 0 Å². The Kier molecular flexibility index (Phi) is 6.45. The lowest BCUT2D eigenvalue weighted by Crippen LogP contribution is -2.32. The molecule has 2 unspecified atom stereocenters. The number of amides is 1. The maximum atomic E-state index is 12.1. The van der Waals surface area contributed by atoms with Crippen LogP contribution in [0.2, 0.25) is 5.02 Å². The zero-order valence-corrected chi connectivity index (χ0v) is 14.9. The lowest BCUT2D eigenvalue weighted by atomic mass is 9.95. The van der Waals surface area contributed by atoms with Crippen LogP contribution in [-0.2, 0) is 11.2 Å². The summed E-state index contributed by atoms with van der Waals surface area (Å²) in [5.74, 6) is 0.468. The summed E-state index contributed by atoms with van der Waals surface area (Å²) >= 11 is 5.88. The number of rotatable bonds is 7. The fraction of sp³-hybridized carbons (Fsp3) is 0.350. The average Bonchev–Trinajstić information content (AvgIpc) is 3.11. The number of aryl methyl sites for hydroxylation is 1. The minimum absolute atomic E-state index is 0.118. The molecule has 1 aliphatic rings. The van der Waals surface area contributed by atoms with Crippen LogP contribution in [0.5, 0.6) is 0 Å². The molecule has 2 aromatic rings. The zero-order valence-electron chi connectivity index (χ0n) is 14.2. The van der Waals surface area contributed by atoms with E-state index in [1.807, 2.05) is 42.5 Å². The van der Waals surface area contributed by atoms with Crippen molar-refractivity contribution in [2.75, 3.05) is 13.1 Å². The number of benzene rings is 2. The van der Waals surface area contributed by atoms with Gasteiger partial charge >= 0.3 is 0 Å². The van der Waals surface area contributed by atoms with E-state index in [4.69, 9.17) is 11.6 Å². The third kappa shape index (κ3) is 5.30. The van der Waals surface area contributed by atoms with Crippen molar-refractivity contribution < 1.29 is 4.79 Å². The summed E-state index contributed by atoms with van der Waals surface area (Å²) in [6.07, 6.45) is 2.28. The van der Waals surface area contributed by atoms with Crippen LogP contribution in [0.4, 0.5) is 0 Å². The first-order valence-electron chi connectivity index (χ1n) is 8.77. The van der Waals surface area contributed by atoms with Crippen LogP contribution in [0.15, 0.2) is 54.6 Å². The van der Waals surface area contributed by atoms with Gasteiger partial charge in [0.15, 0.2) is 0 Å². The van der Waals surface area contributed by atoms with Crippen molar-refractivity contribution in [1.82, 2.24) is 16.2 Å². The molecule has 0 bridgehead atoms. The Morgan fingerprint density at radius 2 is 1.88 bits per heavy atom. The van der Waals surface area contributed by atoms with E-state index in [9.17, 15) is 4.79 Å².